The van der Waals surface area contributed by atoms with E-state index < -0.39 is 24.2 Å². The second-order valence-electron chi connectivity index (χ2n) is 4.15. The number of ether oxygens (including phenoxy) is 2. The summed E-state index contributed by atoms with van der Waals surface area (Å²) in [6, 6.07) is 8.72. The first-order valence-electron chi connectivity index (χ1n) is 6.29. The molecule has 1 amide bonds. The van der Waals surface area contributed by atoms with Gasteiger partial charge in [0.1, 0.15) is 6.23 Å². The molecule has 0 heterocycles. The number of amides is 1. The fraction of sp³-hybridized carbons (Fsp3) is 0.429. The van der Waals surface area contributed by atoms with Gasteiger partial charge in [0.25, 0.3) is 5.91 Å². The van der Waals surface area contributed by atoms with E-state index in [-0.39, 0.29) is 13.2 Å². The van der Waals surface area contributed by atoms with E-state index in [9.17, 15) is 9.59 Å². The van der Waals surface area contributed by atoms with E-state index in [1.165, 1.54) is 6.92 Å². The van der Waals surface area contributed by atoms with Gasteiger partial charge in [0.2, 0.25) is 6.10 Å². The third-order valence-corrected chi connectivity index (χ3v) is 2.43. The Balaban J connectivity index is 2.73. The van der Waals surface area contributed by atoms with Gasteiger partial charge in [-0.15, -0.1) is 0 Å². The molecule has 0 spiro atoms. The number of benzene rings is 1. The third kappa shape index (κ3) is 5.38. The Morgan fingerprint density at radius 3 is 2.50 bits per heavy atom. The Morgan fingerprint density at radius 2 is 1.95 bits per heavy atom. The van der Waals surface area contributed by atoms with Crippen LogP contribution in [0.15, 0.2) is 30.3 Å². The van der Waals surface area contributed by atoms with Crippen LogP contribution >= 0.6 is 0 Å². The molecule has 0 aliphatic rings. The lowest BCUT2D eigenvalue weighted by Gasteiger charge is -2.20. The molecular weight excluding hydrogens is 262 g/mol. The molecule has 2 unspecified atom stereocenters. The molecule has 0 aliphatic heterocycles. The highest BCUT2D eigenvalue weighted by Crippen LogP contribution is 2.17. The van der Waals surface area contributed by atoms with Crippen LogP contribution in [0.2, 0.25) is 0 Å². The lowest BCUT2D eigenvalue weighted by molar-refractivity contribution is -0.156. The van der Waals surface area contributed by atoms with Crippen molar-refractivity contribution in [2.45, 2.75) is 26.2 Å². The summed E-state index contributed by atoms with van der Waals surface area (Å²) < 4.78 is 10.2. The van der Waals surface area contributed by atoms with E-state index >= 15 is 0 Å². The average Bonchev–Trinajstić information content (AvgIpc) is 2.43. The number of nitrogens with one attached hydrogen (secondary N) is 1. The zero-order valence-corrected chi connectivity index (χ0v) is 11.5. The van der Waals surface area contributed by atoms with E-state index in [0.29, 0.717) is 5.56 Å². The topological polar surface area (TPSA) is 84.9 Å². The summed E-state index contributed by atoms with van der Waals surface area (Å²) in [4.78, 5) is 23.2. The quantitative estimate of drug-likeness (QED) is 0.569. The second-order valence-corrected chi connectivity index (χ2v) is 4.15. The Kier molecular flexibility index (Phi) is 6.69. The Morgan fingerprint density at radius 1 is 1.30 bits per heavy atom. The number of carbonyl (C=O) groups is 2. The van der Waals surface area contributed by atoms with Crippen LogP contribution in [-0.2, 0) is 19.1 Å². The predicted octanol–water partition coefficient (Wildman–Crippen LogP) is 0.762. The largest absolute Gasteiger partial charge is 0.447 e. The number of aliphatic hydroxyl groups is 1. The number of hydrogen-bond acceptors (Lipinski definition) is 5. The summed E-state index contributed by atoms with van der Waals surface area (Å²) in [7, 11) is 0. The first kappa shape index (κ1) is 16.1. The van der Waals surface area contributed by atoms with Crippen molar-refractivity contribution in [3.8, 4) is 0 Å². The zero-order chi connectivity index (χ0) is 15.0. The van der Waals surface area contributed by atoms with Gasteiger partial charge in [0.05, 0.1) is 13.2 Å². The van der Waals surface area contributed by atoms with Crippen LogP contribution in [0.25, 0.3) is 0 Å². The van der Waals surface area contributed by atoms with Crippen molar-refractivity contribution in [1.29, 1.82) is 0 Å². The monoisotopic (exact) mass is 281 g/mol. The Hall–Kier alpha value is -1.92. The van der Waals surface area contributed by atoms with Crippen molar-refractivity contribution in [1.82, 2.24) is 5.32 Å². The van der Waals surface area contributed by atoms with Gasteiger partial charge in [0.15, 0.2) is 0 Å². The van der Waals surface area contributed by atoms with Crippen molar-refractivity contribution in [3.05, 3.63) is 35.9 Å². The lowest BCUT2D eigenvalue weighted by Crippen LogP contribution is -2.39. The molecule has 1 aromatic rings. The molecule has 20 heavy (non-hydrogen) atoms. The fourth-order valence-electron chi connectivity index (χ4n) is 1.61. The molecular formula is C14H19NO5. The number of hydrogen-bond donors (Lipinski definition) is 2. The minimum absolute atomic E-state index is 0.116. The highest BCUT2D eigenvalue weighted by Gasteiger charge is 2.24. The molecule has 1 aromatic carbocycles. The van der Waals surface area contributed by atoms with Gasteiger partial charge in [-0.2, -0.15) is 0 Å². The summed E-state index contributed by atoms with van der Waals surface area (Å²) >= 11 is 0. The van der Waals surface area contributed by atoms with Gasteiger partial charge in [-0.05, 0) is 6.92 Å². The Labute approximate surface area is 117 Å². The van der Waals surface area contributed by atoms with Crippen LogP contribution < -0.4 is 5.32 Å². The molecule has 0 bridgehead atoms. The van der Waals surface area contributed by atoms with E-state index in [1.807, 2.05) is 0 Å². The van der Waals surface area contributed by atoms with Gasteiger partial charge >= 0.3 is 5.97 Å². The molecule has 0 saturated heterocycles. The molecule has 2 N–H and O–H groups in total. The number of carbonyl (C=O) groups excluding carboxylic acids is 2. The van der Waals surface area contributed by atoms with Crippen molar-refractivity contribution in [2.75, 3.05) is 13.2 Å². The van der Waals surface area contributed by atoms with Crippen LogP contribution in [0.4, 0.5) is 0 Å². The lowest BCUT2D eigenvalue weighted by atomic mass is 10.1. The van der Waals surface area contributed by atoms with E-state index in [0.717, 1.165) is 0 Å². The molecule has 2 atom stereocenters. The van der Waals surface area contributed by atoms with Crippen molar-refractivity contribution in [2.24, 2.45) is 0 Å². The van der Waals surface area contributed by atoms with Crippen molar-refractivity contribution in [3.63, 3.8) is 0 Å². The van der Waals surface area contributed by atoms with Crippen LogP contribution in [-0.4, -0.2) is 36.4 Å². The molecule has 0 radical (unpaired) electrons. The highest BCUT2D eigenvalue weighted by atomic mass is 16.5. The van der Waals surface area contributed by atoms with Crippen LogP contribution in [0.3, 0.4) is 0 Å². The summed E-state index contributed by atoms with van der Waals surface area (Å²) in [5.41, 5.74) is 0.578. The minimum atomic E-state index is -1.02. The van der Waals surface area contributed by atoms with Crippen LogP contribution in [0.1, 0.15) is 25.5 Å². The van der Waals surface area contributed by atoms with Gasteiger partial charge in [-0.1, -0.05) is 30.3 Å². The van der Waals surface area contributed by atoms with E-state index in [4.69, 9.17) is 14.6 Å². The van der Waals surface area contributed by atoms with E-state index in [1.54, 1.807) is 37.3 Å². The summed E-state index contributed by atoms with van der Waals surface area (Å²) in [5, 5.41) is 11.2. The second kappa shape index (κ2) is 8.29. The van der Waals surface area contributed by atoms with Crippen LogP contribution in [0, 0.1) is 0 Å². The van der Waals surface area contributed by atoms with Gasteiger partial charge in [-0.25, -0.2) is 0 Å². The van der Waals surface area contributed by atoms with Crippen molar-refractivity contribution >= 4 is 11.9 Å². The van der Waals surface area contributed by atoms with Gasteiger partial charge in [-0.3, -0.25) is 9.59 Å². The standard InChI is InChI=1S/C14H19NO5/c1-10(19-9-8-16)15-14(18)13(20-11(2)17)12-6-4-3-5-7-12/h3-7,10,13,16H,8-9H2,1-2H3,(H,15,18). The first-order chi connectivity index (χ1) is 9.54. The first-order valence-corrected chi connectivity index (χ1v) is 6.29. The normalized spacial score (nSPS) is 13.3. The van der Waals surface area contributed by atoms with Crippen molar-refractivity contribution < 1.29 is 24.2 Å². The van der Waals surface area contributed by atoms with Gasteiger partial charge in [0, 0.05) is 12.5 Å². The SMILES string of the molecule is CC(=O)OC(C(=O)NC(C)OCCO)c1ccccc1. The maximum atomic E-state index is 12.1. The summed E-state index contributed by atoms with van der Waals surface area (Å²) in [6.07, 6.45) is -1.61. The van der Waals surface area contributed by atoms with E-state index in [2.05, 4.69) is 5.32 Å². The predicted molar refractivity (Wildman–Crippen MR) is 71.6 cm³/mol. The maximum absolute atomic E-state index is 12.1. The molecule has 0 aromatic heterocycles. The van der Waals surface area contributed by atoms with Crippen LogP contribution in [0.5, 0.6) is 0 Å². The molecule has 0 fully saturated rings. The zero-order valence-electron chi connectivity index (χ0n) is 11.5. The molecule has 1 rings (SSSR count). The average molecular weight is 281 g/mol. The minimum Gasteiger partial charge on any atom is -0.447 e. The fourth-order valence-corrected chi connectivity index (χ4v) is 1.61. The summed E-state index contributed by atoms with van der Waals surface area (Å²) in [5.74, 6) is -1.02. The molecule has 0 saturated carbocycles. The highest BCUT2D eigenvalue weighted by molar-refractivity contribution is 5.84. The molecule has 110 valence electrons. The summed E-state index contributed by atoms with van der Waals surface area (Å²) in [6.45, 7) is 2.86. The number of aliphatic hydroxyl groups excluding tert-OH is 1. The molecule has 6 heteroatoms. The number of esters is 1. The molecule has 6 nitrogen and oxygen atoms in total. The smallest absolute Gasteiger partial charge is 0.303 e. The number of rotatable bonds is 7. The van der Waals surface area contributed by atoms with Gasteiger partial charge < -0.3 is 19.9 Å². The molecule has 0 aliphatic carbocycles. The maximum Gasteiger partial charge on any atom is 0.303 e. The third-order valence-electron chi connectivity index (χ3n) is 2.43. The Bertz CT molecular complexity index is 434.